The minimum absolute atomic E-state index is 0.0406. The SMILES string of the molecule is Cc1ccc(Br)c(N2C(=O)C(C)NC(=O)C2C(C)C)c1. The number of carbonyl (C=O) groups excluding carboxylic acids is 2. The number of nitrogens with zero attached hydrogens (tertiary/aromatic N) is 1. The van der Waals surface area contributed by atoms with Gasteiger partial charge in [-0.2, -0.15) is 0 Å². The lowest BCUT2D eigenvalue weighted by Crippen LogP contribution is -2.64. The average molecular weight is 339 g/mol. The van der Waals surface area contributed by atoms with Crippen molar-refractivity contribution in [1.29, 1.82) is 0 Å². The second-order valence-corrected chi connectivity index (χ2v) is 6.44. The van der Waals surface area contributed by atoms with Crippen LogP contribution in [0.3, 0.4) is 0 Å². The largest absolute Gasteiger partial charge is 0.343 e. The zero-order chi connectivity index (χ0) is 15.0. The zero-order valence-corrected chi connectivity index (χ0v) is 13.7. The molecule has 0 bridgehead atoms. The fraction of sp³-hybridized carbons (Fsp3) is 0.467. The van der Waals surface area contributed by atoms with Crippen LogP contribution in [0.15, 0.2) is 22.7 Å². The van der Waals surface area contributed by atoms with Crippen molar-refractivity contribution >= 4 is 33.4 Å². The summed E-state index contributed by atoms with van der Waals surface area (Å²) >= 11 is 3.48. The molecule has 1 aliphatic heterocycles. The van der Waals surface area contributed by atoms with Crippen LogP contribution >= 0.6 is 15.9 Å². The summed E-state index contributed by atoms with van der Waals surface area (Å²) in [6.07, 6.45) is 0. The summed E-state index contributed by atoms with van der Waals surface area (Å²) in [4.78, 5) is 26.4. The summed E-state index contributed by atoms with van der Waals surface area (Å²) in [7, 11) is 0. The van der Waals surface area contributed by atoms with E-state index in [0.29, 0.717) is 0 Å². The molecule has 2 rings (SSSR count). The van der Waals surface area contributed by atoms with Crippen LogP contribution in [0.25, 0.3) is 0 Å². The maximum Gasteiger partial charge on any atom is 0.250 e. The lowest BCUT2D eigenvalue weighted by atomic mass is 9.96. The third kappa shape index (κ3) is 2.59. The van der Waals surface area contributed by atoms with Crippen molar-refractivity contribution in [2.45, 2.75) is 39.8 Å². The number of hydrogen-bond donors (Lipinski definition) is 1. The highest BCUT2D eigenvalue weighted by Gasteiger charge is 2.41. The zero-order valence-electron chi connectivity index (χ0n) is 12.1. The van der Waals surface area contributed by atoms with Crippen LogP contribution in [0.1, 0.15) is 26.3 Å². The maximum atomic E-state index is 12.5. The van der Waals surface area contributed by atoms with Crippen LogP contribution in [0, 0.1) is 12.8 Å². The molecule has 1 aliphatic rings. The highest BCUT2D eigenvalue weighted by molar-refractivity contribution is 9.10. The van der Waals surface area contributed by atoms with Gasteiger partial charge in [-0.3, -0.25) is 14.5 Å². The number of nitrogens with one attached hydrogen (secondary N) is 1. The van der Waals surface area contributed by atoms with E-state index >= 15 is 0 Å². The van der Waals surface area contributed by atoms with E-state index in [1.807, 2.05) is 39.0 Å². The molecular formula is C15H19BrN2O2. The van der Waals surface area contributed by atoms with Crippen LogP contribution < -0.4 is 10.2 Å². The number of halogens is 1. The summed E-state index contributed by atoms with van der Waals surface area (Å²) in [5, 5.41) is 2.75. The molecule has 0 saturated carbocycles. The van der Waals surface area contributed by atoms with Gasteiger partial charge in [0.2, 0.25) is 11.8 Å². The Morgan fingerprint density at radius 1 is 1.30 bits per heavy atom. The third-order valence-electron chi connectivity index (χ3n) is 3.51. The second kappa shape index (κ2) is 5.56. The van der Waals surface area contributed by atoms with Crippen molar-refractivity contribution in [3.05, 3.63) is 28.2 Å². The van der Waals surface area contributed by atoms with E-state index in [-0.39, 0.29) is 17.7 Å². The molecule has 1 aromatic rings. The normalized spacial score (nSPS) is 23.2. The van der Waals surface area contributed by atoms with E-state index in [9.17, 15) is 9.59 Å². The van der Waals surface area contributed by atoms with Gasteiger partial charge in [0.05, 0.1) is 5.69 Å². The van der Waals surface area contributed by atoms with Gasteiger partial charge in [0, 0.05) is 4.47 Å². The van der Waals surface area contributed by atoms with Gasteiger partial charge < -0.3 is 5.32 Å². The van der Waals surface area contributed by atoms with Crippen LogP contribution in [0.2, 0.25) is 0 Å². The van der Waals surface area contributed by atoms with Crippen molar-refractivity contribution in [3.63, 3.8) is 0 Å². The minimum atomic E-state index is -0.495. The van der Waals surface area contributed by atoms with Crippen LogP contribution in [-0.4, -0.2) is 23.9 Å². The predicted molar refractivity (Wildman–Crippen MR) is 82.6 cm³/mol. The Kier molecular flexibility index (Phi) is 4.18. The monoisotopic (exact) mass is 338 g/mol. The van der Waals surface area contributed by atoms with Crippen molar-refractivity contribution in [2.24, 2.45) is 5.92 Å². The molecule has 1 N–H and O–H groups in total. The molecule has 2 atom stereocenters. The molecule has 0 spiro atoms. The molecule has 0 aliphatic carbocycles. The number of benzene rings is 1. The quantitative estimate of drug-likeness (QED) is 0.901. The summed E-state index contributed by atoms with van der Waals surface area (Å²) in [5.74, 6) is -0.131. The van der Waals surface area contributed by atoms with E-state index in [4.69, 9.17) is 0 Å². The number of anilines is 1. The molecule has 2 unspecified atom stereocenters. The van der Waals surface area contributed by atoms with Crippen LogP contribution in [0.5, 0.6) is 0 Å². The molecule has 1 fully saturated rings. The predicted octanol–water partition coefficient (Wildman–Crippen LogP) is 2.63. The fourth-order valence-corrected chi connectivity index (χ4v) is 2.94. The van der Waals surface area contributed by atoms with Gasteiger partial charge in [-0.05, 0) is 53.4 Å². The average Bonchev–Trinajstić information content (AvgIpc) is 2.36. The molecule has 5 heteroatoms. The summed E-state index contributed by atoms with van der Waals surface area (Å²) in [5.41, 5.74) is 1.81. The molecule has 1 aromatic carbocycles. The first kappa shape index (κ1) is 15.0. The standard InChI is InChI=1S/C15H19BrN2O2/c1-8(2)13-14(19)17-10(4)15(20)18(13)12-7-9(3)5-6-11(12)16/h5-8,10,13H,1-4H3,(H,17,19). The lowest BCUT2D eigenvalue weighted by Gasteiger charge is -2.40. The summed E-state index contributed by atoms with van der Waals surface area (Å²) < 4.78 is 0.823. The highest BCUT2D eigenvalue weighted by atomic mass is 79.9. The van der Waals surface area contributed by atoms with E-state index < -0.39 is 12.1 Å². The minimum Gasteiger partial charge on any atom is -0.343 e. The molecule has 1 saturated heterocycles. The molecule has 1 heterocycles. The molecule has 0 radical (unpaired) electrons. The maximum absolute atomic E-state index is 12.5. The lowest BCUT2D eigenvalue weighted by molar-refractivity contribution is -0.134. The smallest absolute Gasteiger partial charge is 0.250 e. The Labute approximate surface area is 127 Å². The Hall–Kier alpha value is -1.36. The van der Waals surface area contributed by atoms with Gasteiger partial charge in [0.1, 0.15) is 12.1 Å². The highest BCUT2D eigenvalue weighted by Crippen LogP contribution is 2.32. The first-order chi connectivity index (χ1) is 9.32. The fourth-order valence-electron chi connectivity index (χ4n) is 2.50. The van der Waals surface area contributed by atoms with Crippen LogP contribution in [0.4, 0.5) is 5.69 Å². The van der Waals surface area contributed by atoms with Gasteiger partial charge >= 0.3 is 0 Å². The van der Waals surface area contributed by atoms with Crippen molar-refractivity contribution < 1.29 is 9.59 Å². The number of piperazine rings is 1. The number of aryl methyl sites for hydroxylation is 1. The van der Waals surface area contributed by atoms with E-state index in [0.717, 1.165) is 15.7 Å². The second-order valence-electron chi connectivity index (χ2n) is 5.58. The number of amides is 2. The first-order valence-electron chi connectivity index (χ1n) is 6.72. The van der Waals surface area contributed by atoms with Crippen LogP contribution in [-0.2, 0) is 9.59 Å². The summed E-state index contributed by atoms with van der Waals surface area (Å²) in [6, 6.07) is 4.84. The molecule has 0 aromatic heterocycles. The molecule has 20 heavy (non-hydrogen) atoms. The molecule has 2 amide bonds. The van der Waals surface area contributed by atoms with E-state index in [1.54, 1.807) is 11.8 Å². The van der Waals surface area contributed by atoms with Crippen molar-refractivity contribution in [3.8, 4) is 0 Å². The van der Waals surface area contributed by atoms with Crippen molar-refractivity contribution in [2.75, 3.05) is 4.90 Å². The Bertz CT molecular complexity index is 557. The molecule has 108 valence electrons. The Morgan fingerprint density at radius 2 is 1.95 bits per heavy atom. The van der Waals surface area contributed by atoms with Gasteiger partial charge in [-0.25, -0.2) is 0 Å². The first-order valence-corrected chi connectivity index (χ1v) is 7.52. The molecule has 4 nitrogen and oxygen atoms in total. The Morgan fingerprint density at radius 3 is 2.55 bits per heavy atom. The van der Waals surface area contributed by atoms with E-state index in [1.165, 1.54) is 0 Å². The van der Waals surface area contributed by atoms with Gasteiger partial charge in [-0.15, -0.1) is 0 Å². The van der Waals surface area contributed by atoms with E-state index in [2.05, 4.69) is 21.2 Å². The number of hydrogen-bond acceptors (Lipinski definition) is 2. The summed E-state index contributed by atoms with van der Waals surface area (Å²) in [6.45, 7) is 7.58. The molecular weight excluding hydrogens is 320 g/mol. The van der Waals surface area contributed by atoms with Crippen molar-refractivity contribution in [1.82, 2.24) is 5.32 Å². The van der Waals surface area contributed by atoms with Gasteiger partial charge in [0.25, 0.3) is 0 Å². The third-order valence-corrected chi connectivity index (χ3v) is 4.18. The van der Waals surface area contributed by atoms with Gasteiger partial charge in [0.15, 0.2) is 0 Å². The number of carbonyl (C=O) groups is 2. The number of rotatable bonds is 2. The Balaban J connectivity index is 2.55. The topological polar surface area (TPSA) is 49.4 Å². The van der Waals surface area contributed by atoms with Gasteiger partial charge in [-0.1, -0.05) is 19.9 Å².